The van der Waals surface area contributed by atoms with E-state index in [1.165, 1.54) is 38.1 Å². The zero-order valence-corrected chi connectivity index (χ0v) is 21.9. The Morgan fingerprint density at radius 2 is 1.36 bits per heavy atom. The van der Waals surface area contributed by atoms with Gasteiger partial charge in [0.05, 0.1) is 11.0 Å². The molecule has 2 N–H and O–H groups in total. The maximum Gasteiger partial charge on any atom is 0.136 e. The van der Waals surface area contributed by atoms with Crippen LogP contribution in [0, 0.1) is 0 Å². The van der Waals surface area contributed by atoms with Crippen molar-refractivity contribution in [2.24, 2.45) is 0 Å². The van der Waals surface area contributed by atoms with Crippen molar-refractivity contribution in [3.05, 3.63) is 127 Å². The lowest BCUT2D eigenvalue weighted by atomic mass is 10.1. The third kappa shape index (κ3) is 3.45. The molecule has 6 aromatic carbocycles. The summed E-state index contributed by atoms with van der Waals surface area (Å²) in [5, 5.41) is 7.27. The predicted octanol–water partition coefficient (Wildman–Crippen LogP) is 9.71. The van der Waals surface area contributed by atoms with E-state index >= 15 is 0 Å². The van der Waals surface area contributed by atoms with E-state index in [4.69, 9.17) is 10.2 Å². The Labute approximate surface area is 229 Å². The van der Waals surface area contributed by atoms with Crippen molar-refractivity contribution < 1.29 is 4.42 Å². The number of nitrogens with zero attached hydrogens (tertiary/aromatic N) is 1. The van der Waals surface area contributed by atoms with Crippen LogP contribution in [0.25, 0.3) is 60.2 Å². The van der Waals surface area contributed by atoms with Gasteiger partial charge in [-0.3, -0.25) is 0 Å². The summed E-state index contributed by atoms with van der Waals surface area (Å²) >= 11 is 1.77. The Morgan fingerprint density at radius 3 is 2.23 bits per heavy atom. The number of thioether (sulfide) groups is 1. The quantitative estimate of drug-likeness (QED) is 0.186. The van der Waals surface area contributed by atoms with Gasteiger partial charge < -0.3 is 14.7 Å². The fourth-order valence-electron chi connectivity index (χ4n) is 5.85. The highest BCUT2D eigenvalue weighted by Crippen LogP contribution is 2.41. The van der Waals surface area contributed by atoms with Crippen molar-refractivity contribution >= 4 is 72.0 Å². The van der Waals surface area contributed by atoms with Crippen LogP contribution in [0.1, 0.15) is 5.56 Å². The van der Waals surface area contributed by atoms with E-state index in [-0.39, 0.29) is 0 Å². The van der Waals surface area contributed by atoms with Gasteiger partial charge in [-0.1, -0.05) is 84.9 Å². The van der Waals surface area contributed by atoms with Crippen molar-refractivity contribution in [1.82, 2.24) is 4.57 Å². The highest BCUT2D eigenvalue weighted by atomic mass is 32.2. The number of nitrogens with two attached hydrogens (primary N) is 1. The fourth-order valence-corrected chi connectivity index (χ4v) is 6.95. The molecule has 4 heteroatoms. The Kier molecular flexibility index (Phi) is 4.97. The molecule has 8 rings (SSSR count). The molecule has 0 unspecified atom stereocenters. The summed E-state index contributed by atoms with van der Waals surface area (Å²) < 4.78 is 8.49. The van der Waals surface area contributed by atoms with E-state index in [9.17, 15) is 0 Å². The zero-order valence-electron chi connectivity index (χ0n) is 21.1. The molecule has 186 valence electrons. The molecule has 39 heavy (non-hydrogen) atoms. The minimum absolute atomic E-state index is 0.785. The molecule has 0 fully saturated rings. The van der Waals surface area contributed by atoms with Crippen LogP contribution in [0.5, 0.6) is 0 Å². The Morgan fingerprint density at radius 1 is 0.615 bits per heavy atom. The van der Waals surface area contributed by atoms with E-state index in [1.807, 2.05) is 30.3 Å². The van der Waals surface area contributed by atoms with Crippen molar-refractivity contribution in [2.45, 2.75) is 10.6 Å². The van der Waals surface area contributed by atoms with Crippen LogP contribution in [0.4, 0.5) is 5.69 Å². The predicted molar refractivity (Wildman–Crippen MR) is 166 cm³/mol. The van der Waals surface area contributed by atoms with Gasteiger partial charge in [-0.15, -0.1) is 11.8 Å². The minimum atomic E-state index is 0.785. The third-order valence-corrected chi connectivity index (χ3v) is 8.87. The average molecular weight is 521 g/mol. The van der Waals surface area contributed by atoms with Gasteiger partial charge in [-0.2, -0.15) is 0 Å². The van der Waals surface area contributed by atoms with Crippen molar-refractivity contribution in [1.29, 1.82) is 0 Å². The minimum Gasteiger partial charge on any atom is -0.456 e. The van der Waals surface area contributed by atoms with Crippen LogP contribution >= 0.6 is 11.8 Å². The first kappa shape index (κ1) is 22.3. The van der Waals surface area contributed by atoms with Crippen molar-refractivity contribution in [3.8, 4) is 5.69 Å². The molecule has 0 saturated carbocycles. The number of furan rings is 1. The van der Waals surface area contributed by atoms with Gasteiger partial charge in [0, 0.05) is 49.0 Å². The van der Waals surface area contributed by atoms with Crippen molar-refractivity contribution in [3.63, 3.8) is 0 Å². The molecule has 0 bridgehead atoms. The average Bonchev–Trinajstić information content (AvgIpc) is 3.53. The van der Waals surface area contributed by atoms with Gasteiger partial charge >= 0.3 is 0 Å². The third-order valence-electron chi connectivity index (χ3n) is 7.66. The number of anilines is 1. The summed E-state index contributed by atoms with van der Waals surface area (Å²) in [5.74, 6) is 0.819. The van der Waals surface area contributed by atoms with Gasteiger partial charge in [-0.25, -0.2) is 0 Å². The first-order valence-corrected chi connectivity index (χ1v) is 14.1. The summed E-state index contributed by atoms with van der Waals surface area (Å²) in [6, 6.07) is 42.8. The first-order valence-electron chi connectivity index (χ1n) is 13.1. The van der Waals surface area contributed by atoms with E-state index in [1.54, 1.807) is 11.8 Å². The zero-order chi connectivity index (χ0) is 25.9. The van der Waals surface area contributed by atoms with Crippen LogP contribution in [-0.2, 0) is 5.75 Å². The summed E-state index contributed by atoms with van der Waals surface area (Å²) in [6.07, 6.45) is 0. The van der Waals surface area contributed by atoms with Gasteiger partial charge in [0.15, 0.2) is 0 Å². The lowest BCUT2D eigenvalue weighted by Gasteiger charge is -2.11. The van der Waals surface area contributed by atoms with Crippen molar-refractivity contribution in [2.75, 3.05) is 5.73 Å². The lowest BCUT2D eigenvalue weighted by Crippen LogP contribution is -1.95. The second kappa shape index (κ2) is 8.69. The topological polar surface area (TPSA) is 44.1 Å². The van der Waals surface area contributed by atoms with Crippen LogP contribution in [0.3, 0.4) is 0 Å². The fraction of sp³-hybridized carbons (Fsp3) is 0.0286. The Hall–Kier alpha value is -4.67. The van der Waals surface area contributed by atoms with Gasteiger partial charge in [0.2, 0.25) is 0 Å². The molecule has 2 aromatic heterocycles. The number of nitrogen functional groups attached to an aromatic ring is 1. The molecule has 0 aliphatic heterocycles. The molecule has 0 aliphatic rings. The highest BCUT2D eigenvalue weighted by molar-refractivity contribution is 7.99. The molecule has 0 amide bonds. The smallest absolute Gasteiger partial charge is 0.136 e. The molecular weight excluding hydrogens is 496 g/mol. The number of hydrogen-bond donors (Lipinski definition) is 1. The number of fused-ring (bicyclic) bond motifs is 8. The van der Waals surface area contributed by atoms with E-state index in [0.717, 1.165) is 44.0 Å². The monoisotopic (exact) mass is 520 g/mol. The summed E-state index contributed by atoms with van der Waals surface area (Å²) in [4.78, 5) is 1.08. The molecule has 0 saturated heterocycles. The summed E-state index contributed by atoms with van der Waals surface area (Å²) in [5.41, 5.74) is 13.9. The number of aromatic nitrogens is 1. The van der Waals surface area contributed by atoms with Gasteiger partial charge in [0.1, 0.15) is 11.2 Å². The lowest BCUT2D eigenvalue weighted by molar-refractivity contribution is 0.668. The Balaban J connectivity index is 1.20. The summed E-state index contributed by atoms with van der Waals surface area (Å²) in [6.45, 7) is 0. The molecule has 8 aromatic rings. The highest BCUT2D eigenvalue weighted by Gasteiger charge is 2.16. The number of para-hydroxylation sites is 2. The molecule has 0 atom stereocenters. The normalized spacial score (nSPS) is 11.9. The number of hydrogen-bond acceptors (Lipinski definition) is 3. The number of rotatable bonds is 4. The van der Waals surface area contributed by atoms with Crippen LogP contribution in [-0.4, -0.2) is 4.57 Å². The van der Waals surface area contributed by atoms with Crippen LogP contribution in [0.15, 0.2) is 131 Å². The SMILES string of the molecule is Nc1ccc2oc3ccccc3c2c1SCc1ccc(-n2c3ccccc3c3ccc4ccccc4c32)cc1. The maximum absolute atomic E-state index is 6.47. The molecule has 0 aliphatic carbocycles. The molecule has 3 nitrogen and oxygen atoms in total. The van der Waals surface area contributed by atoms with Gasteiger partial charge in [-0.05, 0) is 47.3 Å². The first-order chi connectivity index (χ1) is 19.3. The maximum atomic E-state index is 6.47. The van der Waals surface area contributed by atoms with E-state index < -0.39 is 0 Å². The second-order valence-electron chi connectivity index (χ2n) is 9.95. The summed E-state index contributed by atoms with van der Waals surface area (Å²) in [7, 11) is 0. The second-order valence-corrected chi connectivity index (χ2v) is 10.9. The van der Waals surface area contributed by atoms with Crippen LogP contribution in [0.2, 0.25) is 0 Å². The Bertz CT molecular complexity index is 2190. The molecule has 2 heterocycles. The van der Waals surface area contributed by atoms with E-state index in [2.05, 4.69) is 95.6 Å². The van der Waals surface area contributed by atoms with Crippen LogP contribution < -0.4 is 5.73 Å². The molecule has 0 radical (unpaired) electrons. The standard InChI is InChI=1S/C35H24N2OS/c36-29-19-20-32-33(28-10-4-6-12-31(28)38-32)35(29)39-21-22-13-16-24(17-14-22)37-30-11-5-3-9-26(30)27-18-15-23-7-1-2-8-25(23)34(27)37/h1-20H,21,36H2. The number of benzene rings is 6. The molecule has 0 spiro atoms. The van der Waals surface area contributed by atoms with E-state index in [0.29, 0.717) is 0 Å². The largest absolute Gasteiger partial charge is 0.456 e. The molecular formula is C35H24N2OS. The van der Waals surface area contributed by atoms with Gasteiger partial charge in [0.25, 0.3) is 0 Å².